The number of ether oxygens (including phenoxy) is 1. The molecular weight excluding hydrogens is 264 g/mol. The first-order valence-electron chi connectivity index (χ1n) is 7.40. The number of nitrogens with one attached hydrogen (secondary N) is 1. The van der Waals surface area contributed by atoms with E-state index in [-0.39, 0.29) is 0 Å². The van der Waals surface area contributed by atoms with E-state index in [4.69, 9.17) is 4.74 Å². The number of aryl methyl sites for hydroxylation is 1. The molecule has 0 amide bonds. The van der Waals surface area contributed by atoms with E-state index in [2.05, 4.69) is 34.1 Å². The van der Waals surface area contributed by atoms with Crippen LogP contribution in [-0.4, -0.2) is 28.1 Å². The van der Waals surface area contributed by atoms with Crippen LogP contribution in [0.4, 0.5) is 5.82 Å². The first-order valence-corrected chi connectivity index (χ1v) is 7.40. The monoisotopic (exact) mass is 286 g/mol. The molecule has 0 radical (unpaired) electrons. The van der Waals surface area contributed by atoms with Crippen molar-refractivity contribution >= 4 is 5.82 Å². The Bertz CT molecular complexity index is 586. The Morgan fingerprint density at radius 1 is 1.10 bits per heavy atom. The summed E-state index contributed by atoms with van der Waals surface area (Å²) in [6.07, 6.45) is 5.55. The molecule has 0 aliphatic carbocycles. The maximum absolute atomic E-state index is 5.62. The zero-order valence-electron chi connectivity index (χ0n) is 12.9. The summed E-state index contributed by atoms with van der Waals surface area (Å²) in [7, 11) is 0. The molecule has 0 aromatic carbocycles. The molecule has 0 unspecified atom stereocenters. The predicted molar refractivity (Wildman–Crippen MR) is 84.6 cm³/mol. The first-order chi connectivity index (χ1) is 10.2. The van der Waals surface area contributed by atoms with Gasteiger partial charge >= 0.3 is 0 Å². The van der Waals surface area contributed by atoms with E-state index >= 15 is 0 Å². The van der Waals surface area contributed by atoms with Gasteiger partial charge < -0.3 is 10.1 Å². The molecule has 0 saturated heterocycles. The van der Waals surface area contributed by atoms with Crippen LogP contribution in [0.1, 0.15) is 32.5 Å². The Morgan fingerprint density at radius 3 is 2.71 bits per heavy atom. The zero-order valence-corrected chi connectivity index (χ0v) is 12.9. The highest BCUT2D eigenvalue weighted by molar-refractivity contribution is 5.63. The lowest BCUT2D eigenvalue weighted by molar-refractivity contribution is 0.316. The summed E-state index contributed by atoms with van der Waals surface area (Å²) < 4.78 is 5.62. The van der Waals surface area contributed by atoms with Gasteiger partial charge in [0.2, 0.25) is 0 Å². The highest BCUT2D eigenvalue weighted by Crippen LogP contribution is 2.23. The van der Waals surface area contributed by atoms with Gasteiger partial charge in [-0.1, -0.05) is 13.8 Å². The number of nitrogens with zero attached hydrogens (tertiary/aromatic N) is 3. The van der Waals surface area contributed by atoms with E-state index in [1.165, 1.54) is 0 Å². The third kappa shape index (κ3) is 4.41. The van der Waals surface area contributed by atoms with E-state index in [1.807, 2.05) is 19.1 Å². The van der Waals surface area contributed by atoms with Gasteiger partial charge in [0, 0.05) is 24.4 Å². The van der Waals surface area contributed by atoms with E-state index in [9.17, 15) is 0 Å². The minimum Gasteiger partial charge on any atom is -0.492 e. The maximum atomic E-state index is 5.62. The highest BCUT2D eigenvalue weighted by atomic mass is 16.5. The second-order valence-electron chi connectivity index (χ2n) is 4.87. The summed E-state index contributed by atoms with van der Waals surface area (Å²) in [5, 5.41) is 3.29. The molecule has 0 aliphatic heterocycles. The molecule has 5 heteroatoms. The third-order valence-corrected chi connectivity index (χ3v) is 2.88. The van der Waals surface area contributed by atoms with Gasteiger partial charge in [0.1, 0.15) is 17.4 Å². The quantitative estimate of drug-likeness (QED) is 0.844. The van der Waals surface area contributed by atoms with Gasteiger partial charge in [0.15, 0.2) is 0 Å². The van der Waals surface area contributed by atoms with Crippen molar-refractivity contribution in [1.29, 1.82) is 0 Å². The Labute approximate surface area is 125 Å². The van der Waals surface area contributed by atoms with Crippen molar-refractivity contribution in [3.05, 3.63) is 30.4 Å². The lowest BCUT2D eigenvalue weighted by atomic mass is 10.2. The predicted octanol–water partition coefficient (Wildman–Crippen LogP) is 3.46. The highest BCUT2D eigenvalue weighted by Gasteiger charge is 2.06. The smallest absolute Gasteiger partial charge is 0.138 e. The zero-order chi connectivity index (χ0) is 15.1. The molecule has 21 heavy (non-hydrogen) atoms. The van der Waals surface area contributed by atoms with Crippen molar-refractivity contribution < 1.29 is 4.74 Å². The molecule has 112 valence electrons. The molecule has 0 atom stereocenters. The molecule has 2 aromatic heterocycles. The fraction of sp³-hybridized carbons (Fsp3) is 0.438. The fourth-order valence-electron chi connectivity index (χ4n) is 1.92. The van der Waals surface area contributed by atoms with Crippen LogP contribution < -0.4 is 10.1 Å². The van der Waals surface area contributed by atoms with Crippen LogP contribution in [0.3, 0.4) is 0 Å². The number of pyridine rings is 1. The number of anilines is 1. The summed E-state index contributed by atoms with van der Waals surface area (Å²) in [5.74, 6) is 2.36. The van der Waals surface area contributed by atoms with Gasteiger partial charge in [-0.05, 0) is 25.8 Å². The van der Waals surface area contributed by atoms with Crippen molar-refractivity contribution in [1.82, 2.24) is 15.0 Å². The molecule has 0 bridgehead atoms. The standard InChI is InChI=1S/C16H22N4O/c1-4-6-18-16-9-15(19-12(3)20-16)13-8-14(11-17-10-13)21-7-5-2/h8-11H,4-7H2,1-3H3,(H,18,19,20). The Hall–Kier alpha value is -2.17. The molecule has 2 heterocycles. The van der Waals surface area contributed by atoms with Gasteiger partial charge in [-0.2, -0.15) is 0 Å². The molecular formula is C16H22N4O. The van der Waals surface area contributed by atoms with E-state index in [0.717, 1.165) is 48.0 Å². The van der Waals surface area contributed by atoms with Crippen molar-refractivity contribution in [2.45, 2.75) is 33.6 Å². The van der Waals surface area contributed by atoms with Crippen LogP contribution in [0, 0.1) is 6.92 Å². The summed E-state index contributed by atoms with van der Waals surface area (Å²) in [5.41, 5.74) is 1.80. The van der Waals surface area contributed by atoms with Crippen molar-refractivity contribution in [3.8, 4) is 17.0 Å². The van der Waals surface area contributed by atoms with E-state index in [1.54, 1.807) is 12.4 Å². The maximum Gasteiger partial charge on any atom is 0.138 e. The summed E-state index contributed by atoms with van der Waals surface area (Å²) in [4.78, 5) is 13.1. The van der Waals surface area contributed by atoms with Crippen LogP contribution in [0.5, 0.6) is 5.75 Å². The second kappa shape index (κ2) is 7.57. The van der Waals surface area contributed by atoms with Crippen LogP contribution in [-0.2, 0) is 0 Å². The van der Waals surface area contributed by atoms with Crippen LogP contribution in [0.25, 0.3) is 11.3 Å². The van der Waals surface area contributed by atoms with E-state index in [0.29, 0.717) is 6.61 Å². The average molecular weight is 286 g/mol. The summed E-state index contributed by atoms with van der Waals surface area (Å²) >= 11 is 0. The molecule has 0 aliphatic rings. The van der Waals surface area contributed by atoms with Crippen LogP contribution >= 0.6 is 0 Å². The van der Waals surface area contributed by atoms with Gasteiger partial charge in [0.25, 0.3) is 0 Å². The number of rotatable bonds is 7. The van der Waals surface area contributed by atoms with Crippen molar-refractivity contribution in [2.75, 3.05) is 18.5 Å². The number of hydrogen-bond donors (Lipinski definition) is 1. The second-order valence-corrected chi connectivity index (χ2v) is 4.87. The van der Waals surface area contributed by atoms with Gasteiger partial charge in [0.05, 0.1) is 18.5 Å². The minimum absolute atomic E-state index is 0.692. The van der Waals surface area contributed by atoms with Crippen LogP contribution in [0.15, 0.2) is 24.5 Å². The fourth-order valence-corrected chi connectivity index (χ4v) is 1.92. The van der Waals surface area contributed by atoms with Gasteiger partial charge in [-0.15, -0.1) is 0 Å². The average Bonchev–Trinajstić information content (AvgIpc) is 2.50. The molecule has 5 nitrogen and oxygen atoms in total. The Balaban J connectivity index is 2.26. The van der Waals surface area contributed by atoms with Gasteiger partial charge in [-0.3, -0.25) is 4.98 Å². The number of aromatic nitrogens is 3. The lowest BCUT2D eigenvalue weighted by Gasteiger charge is -2.09. The molecule has 0 spiro atoms. The molecule has 2 aromatic rings. The van der Waals surface area contributed by atoms with E-state index < -0.39 is 0 Å². The topological polar surface area (TPSA) is 59.9 Å². The number of hydrogen-bond acceptors (Lipinski definition) is 5. The van der Waals surface area contributed by atoms with Gasteiger partial charge in [-0.25, -0.2) is 9.97 Å². The van der Waals surface area contributed by atoms with Crippen molar-refractivity contribution in [2.24, 2.45) is 0 Å². The largest absolute Gasteiger partial charge is 0.492 e. The third-order valence-electron chi connectivity index (χ3n) is 2.88. The van der Waals surface area contributed by atoms with Crippen LogP contribution in [0.2, 0.25) is 0 Å². The molecule has 1 N–H and O–H groups in total. The van der Waals surface area contributed by atoms with Crippen molar-refractivity contribution in [3.63, 3.8) is 0 Å². The molecule has 0 fully saturated rings. The first kappa shape index (κ1) is 15.2. The SMILES string of the molecule is CCCNc1cc(-c2cncc(OCCC)c2)nc(C)n1. The molecule has 0 saturated carbocycles. The normalized spacial score (nSPS) is 10.4. The minimum atomic E-state index is 0.692. The summed E-state index contributed by atoms with van der Waals surface area (Å²) in [6.45, 7) is 7.69. The Morgan fingerprint density at radius 2 is 1.95 bits per heavy atom. The Kier molecular flexibility index (Phi) is 5.49. The lowest BCUT2D eigenvalue weighted by Crippen LogP contribution is -2.04. The molecule has 2 rings (SSSR count). The summed E-state index contributed by atoms with van der Waals surface area (Å²) in [6, 6.07) is 3.91.